The average molecular weight is 217 g/mol. The van der Waals surface area contributed by atoms with E-state index >= 15 is 0 Å². The van der Waals surface area contributed by atoms with Crippen molar-refractivity contribution in [3.63, 3.8) is 0 Å². The van der Waals surface area contributed by atoms with Gasteiger partial charge in [0.15, 0.2) is 0 Å². The molecule has 1 aromatic carbocycles. The zero-order valence-corrected chi connectivity index (χ0v) is 8.52. The maximum atomic E-state index is 8.56. The van der Waals surface area contributed by atoms with Gasteiger partial charge < -0.3 is 5.11 Å². The Balaban J connectivity index is 2.83. The molecule has 0 aliphatic carbocycles. The molecule has 0 atom stereocenters. The summed E-state index contributed by atoms with van der Waals surface area (Å²) in [6, 6.07) is 5.46. The smallest absolute Gasteiger partial charge is 0.0664 e. The number of hydrogen-bond donors (Lipinski definition) is 1. The van der Waals surface area contributed by atoms with E-state index in [1.54, 1.807) is 6.07 Å². The SMILES string of the molecule is OCCC=Cc1cccc(Cl)c1Cl. The second-order valence-electron chi connectivity index (χ2n) is 2.56. The van der Waals surface area contributed by atoms with Crippen LogP contribution in [-0.2, 0) is 0 Å². The average Bonchev–Trinajstić information content (AvgIpc) is 2.13. The molecule has 0 aliphatic rings. The number of benzene rings is 1. The Morgan fingerprint density at radius 1 is 1.31 bits per heavy atom. The molecule has 0 fully saturated rings. The van der Waals surface area contributed by atoms with E-state index in [0.29, 0.717) is 16.5 Å². The van der Waals surface area contributed by atoms with Gasteiger partial charge >= 0.3 is 0 Å². The maximum absolute atomic E-state index is 8.56. The lowest BCUT2D eigenvalue weighted by atomic mass is 10.2. The molecule has 0 unspecified atom stereocenters. The van der Waals surface area contributed by atoms with Crippen molar-refractivity contribution in [3.8, 4) is 0 Å². The predicted molar refractivity (Wildman–Crippen MR) is 57.2 cm³/mol. The molecule has 0 saturated heterocycles. The molecule has 0 amide bonds. The lowest BCUT2D eigenvalue weighted by Crippen LogP contribution is -1.78. The van der Waals surface area contributed by atoms with Crippen LogP contribution in [0.5, 0.6) is 0 Å². The number of hydrogen-bond acceptors (Lipinski definition) is 1. The largest absolute Gasteiger partial charge is 0.396 e. The van der Waals surface area contributed by atoms with E-state index in [1.165, 1.54) is 0 Å². The Kier molecular flexibility index (Phi) is 4.29. The van der Waals surface area contributed by atoms with Gasteiger partial charge in [0.05, 0.1) is 10.0 Å². The minimum atomic E-state index is 0.148. The zero-order chi connectivity index (χ0) is 9.68. The summed E-state index contributed by atoms with van der Waals surface area (Å²) in [5, 5.41) is 9.66. The molecule has 13 heavy (non-hydrogen) atoms. The van der Waals surface area contributed by atoms with E-state index in [9.17, 15) is 0 Å². The Labute approximate surface area is 87.6 Å². The van der Waals surface area contributed by atoms with Gasteiger partial charge in [0.1, 0.15) is 0 Å². The first-order chi connectivity index (χ1) is 6.25. The third-order valence-corrected chi connectivity index (χ3v) is 2.41. The minimum Gasteiger partial charge on any atom is -0.396 e. The molecule has 1 N–H and O–H groups in total. The Morgan fingerprint density at radius 2 is 2.08 bits per heavy atom. The molecular weight excluding hydrogens is 207 g/mol. The molecule has 0 saturated carbocycles. The van der Waals surface area contributed by atoms with E-state index in [4.69, 9.17) is 28.3 Å². The van der Waals surface area contributed by atoms with Gasteiger partial charge in [-0.2, -0.15) is 0 Å². The second-order valence-corrected chi connectivity index (χ2v) is 3.34. The van der Waals surface area contributed by atoms with Crippen LogP contribution in [0.1, 0.15) is 12.0 Å². The molecular formula is C10H10Cl2O. The van der Waals surface area contributed by atoms with E-state index in [1.807, 2.05) is 24.3 Å². The van der Waals surface area contributed by atoms with Crippen LogP contribution in [0.4, 0.5) is 0 Å². The second kappa shape index (κ2) is 5.28. The quantitative estimate of drug-likeness (QED) is 0.822. The summed E-state index contributed by atoms with van der Waals surface area (Å²) in [6.45, 7) is 0.148. The first-order valence-corrected chi connectivity index (χ1v) is 4.72. The van der Waals surface area contributed by atoms with E-state index in [0.717, 1.165) is 5.56 Å². The number of aliphatic hydroxyl groups excluding tert-OH is 1. The van der Waals surface area contributed by atoms with Gasteiger partial charge in [-0.05, 0) is 18.1 Å². The highest BCUT2D eigenvalue weighted by Gasteiger charge is 1.99. The topological polar surface area (TPSA) is 20.2 Å². The molecule has 0 bridgehead atoms. The summed E-state index contributed by atoms with van der Waals surface area (Å²) in [7, 11) is 0. The molecule has 0 radical (unpaired) electrons. The van der Waals surface area contributed by atoms with Crippen molar-refractivity contribution < 1.29 is 5.11 Å². The highest BCUT2D eigenvalue weighted by Crippen LogP contribution is 2.26. The van der Waals surface area contributed by atoms with Crippen molar-refractivity contribution in [1.82, 2.24) is 0 Å². The van der Waals surface area contributed by atoms with Gasteiger partial charge in [0.2, 0.25) is 0 Å². The lowest BCUT2D eigenvalue weighted by Gasteiger charge is -1.99. The molecule has 0 aromatic heterocycles. The number of halogens is 2. The normalized spacial score (nSPS) is 11.0. The Bertz CT molecular complexity index is 308. The van der Waals surface area contributed by atoms with Gasteiger partial charge in [-0.3, -0.25) is 0 Å². The summed E-state index contributed by atoms with van der Waals surface area (Å²) >= 11 is 11.7. The minimum absolute atomic E-state index is 0.148. The first-order valence-electron chi connectivity index (χ1n) is 3.97. The van der Waals surface area contributed by atoms with Crippen LogP contribution in [-0.4, -0.2) is 11.7 Å². The summed E-state index contributed by atoms with van der Waals surface area (Å²) < 4.78 is 0. The maximum Gasteiger partial charge on any atom is 0.0664 e. The van der Waals surface area contributed by atoms with Crippen molar-refractivity contribution in [2.24, 2.45) is 0 Å². The molecule has 0 aliphatic heterocycles. The van der Waals surface area contributed by atoms with Gasteiger partial charge in [-0.25, -0.2) is 0 Å². The van der Waals surface area contributed by atoms with Crippen molar-refractivity contribution in [2.45, 2.75) is 6.42 Å². The van der Waals surface area contributed by atoms with E-state index in [-0.39, 0.29) is 6.61 Å². The standard InChI is InChI=1S/C10H10Cl2O/c11-9-6-3-5-8(10(9)12)4-1-2-7-13/h1,3-6,13H,2,7H2. The molecule has 0 spiro atoms. The van der Waals surface area contributed by atoms with Crippen LogP contribution in [0.25, 0.3) is 6.08 Å². The Morgan fingerprint density at radius 3 is 2.77 bits per heavy atom. The van der Waals surface area contributed by atoms with Gasteiger partial charge in [-0.15, -0.1) is 0 Å². The predicted octanol–water partition coefficient (Wildman–Crippen LogP) is 3.39. The summed E-state index contributed by atoms with van der Waals surface area (Å²) in [4.78, 5) is 0. The molecule has 1 nitrogen and oxygen atoms in total. The summed E-state index contributed by atoms with van der Waals surface area (Å²) in [6.07, 6.45) is 4.34. The van der Waals surface area contributed by atoms with Crippen molar-refractivity contribution >= 4 is 29.3 Å². The van der Waals surface area contributed by atoms with Gasteiger partial charge in [0.25, 0.3) is 0 Å². The van der Waals surface area contributed by atoms with Crippen LogP contribution in [0.15, 0.2) is 24.3 Å². The molecule has 1 rings (SSSR count). The third kappa shape index (κ3) is 3.03. The zero-order valence-electron chi connectivity index (χ0n) is 7.00. The van der Waals surface area contributed by atoms with Gasteiger partial charge in [0, 0.05) is 6.61 Å². The van der Waals surface area contributed by atoms with Crippen LogP contribution >= 0.6 is 23.2 Å². The van der Waals surface area contributed by atoms with Crippen molar-refractivity contribution in [1.29, 1.82) is 0 Å². The fourth-order valence-corrected chi connectivity index (χ4v) is 1.30. The van der Waals surface area contributed by atoms with Crippen molar-refractivity contribution in [3.05, 3.63) is 39.9 Å². The van der Waals surface area contributed by atoms with E-state index in [2.05, 4.69) is 0 Å². The highest BCUT2D eigenvalue weighted by molar-refractivity contribution is 6.42. The highest BCUT2D eigenvalue weighted by atomic mass is 35.5. The summed E-state index contributed by atoms with van der Waals surface area (Å²) in [5.74, 6) is 0. The molecule has 3 heteroatoms. The fourth-order valence-electron chi connectivity index (χ4n) is 0.934. The fraction of sp³-hybridized carbons (Fsp3) is 0.200. The molecule has 70 valence electrons. The monoisotopic (exact) mass is 216 g/mol. The molecule has 1 aromatic rings. The van der Waals surface area contributed by atoms with Crippen LogP contribution in [0, 0.1) is 0 Å². The molecule has 0 heterocycles. The summed E-state index contributed by atoms with van der Waals surface area (Å²) in [5.41, 5.74) is 0.877. The third-order valence-electron chi connectivity index (χ3n) is 1.57. The first kappa shape index (κ1) is 10.6. The van der Waals surface area contributed by atoms with Gasteiger partial charge in [-0.1, -0.05) is 47.5 Å². The van der Waals surface area contributed by atoms with E-state index < -0.39 is 0 Å². The van der Waals surface area contributed by atoms with Crippen LogP contribution in [0.3, 0.4) is 0 Å². The Hall–Kier alpha value is -0.500. The van der Waals surface area contributed by atoms with Crippen LogP contribution in [0.2, 0.25) is 10.0 Å². The number of aliphatic hydroxyl groups is 1. The lowest BCUT2D eigenvalue weighted by molar-refractivity contribution is 0.303. The number of rotatable bonds is 3. The van der Waals surface area contributed by atoms with Crippen LogP contribution < -0.4 is 0 Å². The van der Waals surface area contributed by atoms with Crippen molar-refractivity contribution in [2.75, 3.05) is 6.61 Å².